The number of nitriles is 1. The number of rotatable bonds is 14. The molecule has 43 heavy (non-hydrogen) atoms. The molecule has 0 N–H and O–H groups in total. The minimum absolute atomic E-state index is 0.368. The number of hydrogen-bond donors (Lipinski definition) is 0. The summed E-state index contributed by atoms with van der Waals surface area (Å²) in [6.45, 7) is 5.55. The van der Waals surface area contributed by atoms with E-state index in [0.29, 0.717) is 0 Å². The highest BCUT2D eigenvalue weighted by Gasteiger charge is 2.32. The van der Waals surface area contributed by atoms with E-state index in [1.807, 2.05) is 0 Å². The Labute approximate surface area is 261 Å². The van der Waals surface area contributed by atoms with Crippen molar-refractivity contribution >= 4 is 17.7 Å². The van der Waals surface area contributed by atoms with Crippen LogP contribution in [0.3, 0.4) is 0 Å². The van der Waals surface area contributed by atoms with Gasteiger partial charge in [0.2, 0.25) is 0 Å². The van der Waals surface area contributed by atoms with Crippen LogP contribution in [0.15, 0.2) is 84.4 Å². The van der Waals surface area contributed by atoms with Crippen LogP contribution in [0.25, 0.3) is 17.7 Å². The predicted molar refractivity (Wildman–Crippen MR) is 184 cm³/mol. The summed E-state index contributed by atoms with van der Waals surface area (Å²) in [6.07, 6.45) is 20.2. The summed E-state index contributed by atoms with van der Waals surface area (Å²) in [7, 11) is 0. The molecule has 1 aliphatic heterocycles. The Bertz CT molecular complexity index is 1350. The summed E-state index contributed by atoms with van der Waals surface area (Å²) in [5.41, 5.74) is 9.25. The van der Waals surface area contributed by atoms with Gasteiger partial charge < -0.3 is 4.90 Å². The number of likely N-dealkylation sites (tertiary alicyclic amines) is 1. The molecular formula is C41H50N2. The molecule has 2 aliphatic rings. The molecule has 2 heteroatoms. The number of nitrogens with zero attached hydrogens (tertiary/aromatic N) is 2. The van der Waals surface area contributed by atoms with E-state index in [-0.39, 0.29) is 5.41 Å². The lowest BCUT2D eigenvalue weighted by Gasteiger charge is -2.32. The van der Waals surface area contributed by atoms with Crippen molar-refractivity contribution in [3.8, 4) is 6.07 Å². The third kappa shape index (κ3) is 7.95. The summed E-state index contributed by atoms with van der Waals surface area (Å²) in [4.78, 5) is 2.64. The first-order valence-electron chi connectivity index (χ1n) is 17.0. The SMILES string of the molecule is CCCCCCCCCCC(C#N)(CCCN1CCC(=C2c3ccccc3C=Cc3ccccc32)CC1)c1ccccc1. The number of unbranched alkanes of at least 4 members (excludes halogenated alkanes) is 7. The van der Waals surface area contributed by atoms with E-state index in [9.17, 15) is 5.26 Å². The van der Waals surface area contributed by atoms with Crippen LogP contribution in [0.2, 0.25) is 0 Å². The molecule has 5 rings (SSSR count). The minimum atomic E-state index is -0.368. The lowest BCUT2D eigenvalue weighted by Crippen LogP contribution is -2.33. The molecule has 1 saturated heterocycles. The lowest BCUT2D eigenvalue weighted by atomic mass is 9.74. The van der Waals surface area contributed by atoms with Crippen LogP contribution >= 0.6 is 0 Å². The Morgan fingerprint density at radius 1 is 0.651 bits per heavy atom. The maximum Gasteiger partial charge on any atom is 0.0822 e. The molecule has 0 saturated carbocycles. The smallest absolute Gasteiger partial charge is 0.0822 e. The van der Waals surface area contributed by atoms with Gasteiger partial charge in [-0.25, -0.2) is 0 Å². The maximum atomic E-state index is 10.6. The van der Waals surface area contributed by atoms with Crippen molar-refractivity contribution in [1.82, 2.24) is 4.90 Å². The quantitative estimate of drug-likeness (QED) is 0.141. The van der Waals surface area contributed by atoms with Gasteiger partial charge in [0.25, 0.3) is 0 Å². The van der Waals surface area contributed by atoms with Crippen LogP contribution in [0.4, 0.5) is 0 Å². The van der Waals surface area contributed by atoms with Crippen molar-refractivity contribution in [1.29, 1.82) is 5.26 Å². The van der Waals surface area contributed by atoms with Crippen molar-refractivity contribution in [2.75, 3.05) is 19.6 Å². The Morgan fingerprint density at radius 3 is 1.79 bits per heavy atom. The first-order valence-corrected chi connectivity index (χ1v) is 17.0. The molecule has 0 spiro atoms. The highest BCUT2D eigenvalue weighted by Crippen LogP contribution is 2.39. The number of fused-ring (bicyclic) bond motifs is 2. The van der Waals surface area contributed by atoms with Crippen LogP contribution in [0, 0.1) is 11.3 Å². The highest BCUT2D eigenvalue weighted by molar-refractivity contribution is 5.94. The predicted octanol–water partition coefficient (Wildman–Crippen LogP) is 10.8. The van der Waals surface area contributed by atoms with Crippen molar-refractivity contribution in [3.05, 3.63) is 112 Å². The van der Waals surface area contributed by atoms with Crippen molar-refractivity contribution in [3.63, 3.8) is 0 Å². The number of benzene rings is 3. The average molecular weight is 571 g/mol. The first kappa shape index (κ1) is 31.0. The Hall–Kier alpha value is -3.41. The number of piperidine rings is 1. The third-order valence-corrected chi connectivity index (χ3v) is 9.79. The lowest BCUT2D eigenvalue weighted by molar-refractivity contribution is 0.243. The topological polar surface area (TPSA) is 27.0 Å². The monoisotopic (exact) mass is 570 g/mol. The van der Waals surface area contributed by atoms with Gasteiger partial charge in [0.1, 0.15) is 0 Å². The average Bonchev–Trinajstić information content (AvgIpc) is 3.23. The van der Waals surface area contributed by atoms with Gasteiger partial charge in [0, 0.05) is 13.1 Å². The molecule has 0 bridgehead atoms. The molecule has 0 aromatic heterocycles. The third-order valence-electron chi connectivity index (χ3n) is 9.79. The highest BCUT2D eigenvalue weighted by atomic mass is 15.1. The van der Waals surface area contributed by atoms with Crippen LogP contribution < -0.4 is 0 Å². The zero-order valence-electron chi connectivity index (χ0n) is 26.4. The van der Waals surface area contributed by atoms with Gasteiger partial charge in [-0.3, -0.25) is 0 Å². The minimum Gasteiger partial charge on any atom is -0.303 e. The van der Waals surface area contributed by atoms with E-state index in [2.05, 4.69) is 109 Å². The van der Waals surface area contributed by atoms with E-state index in [1.165, 1.54) is 78.3 Å². The standard InChI is InChI=1S/C41H50N2/c1-2-3-4-5-6-7-8-16-28-41(33-42,37-20-10-9-11-21-37)29-17-30-43-31-26-36(27-32-43)40-38-22-14-12-18-34(38)24-25-35-19-13-15-23-39(35)40/h9-15,18-25H,2-8,16-17,26-32H2,1H3. The van der Waals surface area contributed by atoms with E-state index < -0.39 is 0 Å². The van der Waals surface area contributed by atoms with Gasteiger partial charge in [-0.2, -0.15) is 5.26 Å². The molecule has 224 valence electrons. The molecule has 1 fully saturated rings. The van der Waals surface area contributed by atoms with Gasteiger partial charge in [-0.15, -0.1) is 0 Å². The van der Waals surface area contributed by atoms with Crippen molar-refractivity contribution in [2.45, 2.75) is 95.8 Å². The molecular weight excluding hydrogens is 520 g/mol. The molecule has 2 nitrogen and oxygen atoms in total. The zero-order valence-corrected chi connectivity index (χ0v) is 26.4. The fraction of sp³-hybridized carbons (Fsp3) is 0.439. The summed E-state index contributed by atoms with van der Waals surface area (Å²) in [5.74, 6) is 0. The van der Waals surface area contributed by atoms with Gasteiger partial charge in [-0.1, -0.05) is 155 Å². The fourth-order valence-electron chi connectivity index (χ4n) is 7.25. The Balaban J connectivity index is 1.20. The molecule has 1 unspecified atom stereocenters. The van der Waals surface area contributed by atoms with Crippen LogP contribution in [0.1, 0.15) is 118 Å². The second kappa shape index (κ2) is 15.9. The second-order valence-corrected chi connectivity index (χ2v) is 12.7. The van der Waals surface area contributed by atoms with E-state index in [0.717, 1.165) is 58.2 Å². The largest absolute Gasteiger partial charge is 0.303 e. The van der Waals surface area contributed by atoms with Gasteiger partial charge in [-0.05, 0) is 72.0 Å². The Morgan fingerprint density at radius 2 is 1.19 bits per heavy atom. The van der Waals surface area contributed by atoms with E-state index in [1.54, 1.807) is 5.57 Å². The molecule has 3 aromatic rings. The second-order valence-electron chi connectivity index (χ2n) is 12.7. The van der Waals surface area contributed by atoms with Crippen molar-refractivity contribution < 1.29 is 0 Å². The molecule has 0 radical (unpaired) electrons. The number of hydrogen-bond acceptors (Lipinski definition) is 2. The van der Waals surface area contributed by atoms with Gasteiger partial charge in [0.15, 0.2) is 0 Å². The molecule has 1 atom stereocenters. The summed E-state index contributed by atoms with van der Waals surface area (Å²) in [6, 6.07) is 31.2. The maximum absolute atomic E-state index is 10.6. The van der Waals surface area contributed by atoms with Crippen LogP contribution in [-0.2, 0) is 5.41 Å². The molecule has 3 aromatic carbocycles. The first-order chi connectivity index (χ1) is 21.2. The van der Waals surface area contributed by atoms with Crippen molar-refractivity contribution in [2.24, 2.45) is 0 Å². The molecule has 1 heterocycles. The van der Waals surface area contributed by atoms with Crippen LogP contribution in [-0.4, -0.2) is 24.5 Å². The Kier molecular flexibility index (Phi) is 11.5. The normalized spacial score (nSPS) is 16.2. The van der Waals surface area contributed by atoms with E-state index in [4.69, 9.17) is 0 Å². The van der Waals surface area contributed by atoms with Crippen LogP contribution in [0.5, 0.6) is 0 Å². The van der Waals surface area contributed by atoms with Gasteiger partial charge in [0.05, 0.1) is 11.5 Å². The summed E-state index contributed by atoms with van der Waals surface area (Å²) >= 11 is 0. The summed E-state index contributed by atoms with van der Waals surface area (Å²) in [5, 5.41) is 10.6. The fourth-order valence-corrected chi connectivity index (χ4v) is 7.25. The van der Waals surface area contributed by atoms with E-state index >= 15 is 0 Å². The molecule has 1 aliphatic carbocycles. The zero-order chi connectivity index (χ0) is 29.7. The summed E-state index contributed by atoms with van der Waals surface area (Å²) < 4.78 is 0. The molecule has 0 amide bonds. The van der Waals surface area contributed by atoms with Gasteiger partial charge >= 0.3 is 0 Å².